The van der Waals surface area contributed by atoms with Gasteiger partial charge >= 0.3 is 11.9 Å². The molecule has 1 heterocycles. The molecule has 1 rings (SSSR count). The van der Waals surface area contributed by atoms with Crippen molar-refractivity contribution in [3.05, 3.63) is 24.3 Å². The Morgan fingerprint density at radius 3 is 1.31 bits per heavy atom. The molecule has 1 fully saturated rings. The van der Waals surface area contributed by atoms with Crippen molar-refractivity contribution >= 4 is 11.9 Å². The van der Waals surface area contributed by atoms with Gasteiger partial charge in [-0.05, 0) is 57.8 Å². The van der Waals surface area contributed by atoms with Gasteiger partial charge in [0.05, 0.1) is 13.2 Å². The van der Waals surface area contributed by atoms with E-state index in [0.717, 1.165) is 51.4 Å². The molecule has 62 heavy (non-hydrogen) atoms. The largest absolute Gasteiger partial charge is 0.462 e. The van der Waals surface area contributed by atoms with Crippen LogP contribution in [0.2, 0.25) is 0 Å². The van der Waals surface area contributed by atoms with Crippen LogP contribution in [0.25, 0.3) is 0 Å². The Labute approximate surface area is 379 Å². The minimum atomic E-state index is -1.60. The highest BCUT2D eigenvalue weighted by Gasteiger charge is 2.44. The molecule has 0 amide bonds. The summed E-state index contributed by atoms with van der Waals surface area (Å²) in [6.07, 6.45) is 42.0. The summed E-state index contributed by atoms with van der Waals surface area (Å²) < 4.78 is 22.2. The lowest BCUT2D eigenvalue weighted by molar-refractivity contribution is -0.305. The van der Waals surface area contributed by atoms with Crippen LogP contribution < -0.4 is 0 Å². The van der Waals surface area contributed by atoms with E-state index in [1.165, 1.54) is 148 Å². The highest BCUT2D eigenvalue weighted by Crippen LogP contribution is 2.23. The number of hydrogen-bond donors (Lipinski definition) is 4. The van der Waals surface area contributed by atoms with E-state index in [1.54, 1.807) is 0 Å². The Hall–Kier alpha value is -1.82. The van der Waals surface area contributed by atoms with E-state index in [9.17, 15) is 30.0 Å². The molecular weight excluding hydrogens is 785 g/mol. The van der Waals surface area contributed by atoms with Gasteiger partial charge in [-0.3, -0.25) is 9.59 Å². The highest BCUT2D eigenvalue weighted by atomic mass is 16.7. The molecule has 1 aliphatic heterocycles. The molecule has 0 bridgehead atoms. The number of carbonyl (C=O) groups is 2. The Morgan fingerprint density at radius 1 is 0.484 bits per heavy atom. The first kappa shape index (κ1) is 58.2. The number of carbonyl (C=O) groups excluding carboxylic acids is 2. The van der Waals surface area contributed by atoms with Gasteiger partial charge in [-0.15, -0.1) is 0 Å². The van der Waals surface area contributed by atoms with Crippen molar-refractivity contribution in [1.29, 1.82) is 0 Å². The summed E-state index contributed by atoms with van der Waals surface area (Å²) in [4.78, 5) is 25.4. The third-order valence-corrected chi connectivity index (χ3v) is 12.1. The molecule has 10 heteroatoms. The lowest BCUT2D eigenvalue weighted by atomic mass is 9.99. The quantitative estimate of drug-likeness (QED) is 0.0264. The van der Waals surface area contributed by atoms with Crippen LogP contribution in [0.15, 0.2) is 24.3 Å². The Balaban J connectivity index is 2.24. The molecule has 364 valence electrons. The maximum Gasteiger partial charge on any atom is 0.306 e. The van der Waals surface area contributed by atoms with E-state index < -0.39 is 55.4 Å². The average molecular weight is 881 g/mol. The van der Waals surface area contributed by atoms with E-state index in [4.69, 9.17) is 18.9 Å². The first-order valence-corrected chi connectivity index (χ1v) is 25.9. The van der Waals surface area contributed by atoms with Crippen molar-refractivity contribution in [1.82, 2.24) is 0 Å². The van der Waals surface area contributed by atoms with Crippen molar-refractivity contribution in [2.75, 3.05) is 19.8 Å². The van der Waals surface area contributed by atoms with E-state index in [2.05, 4.69) is 38.2 Å². The number of esters is 2. The summed E-state index contributed by atoms with van der Waals surface area (Å²) in [5.41, 5.74) is 0. The average Bonchev–Trinajstić information content (AvgIpc) is 3.27. The molecular formula is C52H96O10. The maximum atomic E-state index is 12.8. The zero-order valence-electron chi connectivity index (χ0n) is 39.9. The fourth-order valence-corrected chi connectivity index (χ4v) is 7.95. The van der Waals surface area contributed by atoms with E-state index in [1.807, 2.05) is 0 Å². The summed E-state index contributed by atoms with van der Waals surface area (Å²) in [5.74, 6) is -0.845. The summed E-state index contributed by atoms with van der Waals surface area (Å²) in [7, 11) is 0. The molecule has 0 aromatic carbocycles. The molecule has 0 aromatic heterocycles. The predicted octanol–water partition coefficient (Wildman–Crippen LogP) is 12.1. The first-order chi connectivity index (χ1) is 30.3. The summed E-state index contributed by atoms with van der Waals surface area (Å²) in [6, 6.07) is 0. The minimum Gasteiger partial charge on any atom is -0.462 e. The number of unbranched alkanes of at least 4 members (excludes halogenated alkanes) is 29. The second-order valence-corrected chi connectivity index (χ2v) is 18.0. The molecule has 1 saturated heterocycles. The minimum absolute atomic E-state index is 0.217. The standard InChI is InChI=1S/C52H96O10/c1-3-5-7-9-11-13-15-17-19-20-21-22-23-24-25-26-27-29-30-32-34-36-38-40-47(54)59-43-45(44-60-52-51(58)50(57)49(56)46(42-53)62-52)61-48(55)41-39-37-35-33-31-28-18-16-14-12-10-8-6-4-2/h16,18,32,34,45-46,49-53,56-58H,3-15,17,19-31,33,35-44H2,1-2H3/b18-16+,34-32+/t45-,46-,49+,50?,51?,52-/m0/s1. The molecule has 6 atom stereocenters. The predicted molar refractivity (Wildman–Crippen MR) is 252 cm³/mol. The number of ether oxygens (including phenoxy) is 4. The van der Waals surface area contributed by atoms with Crippen molar-refractivity contribution in [2.45, 2.75) is 275 Å². The third kappa shape index (κ3) is 33.7. The second kappa shape index (κ2) is 43.1. The fourth-order valence-electron chi connectivity index (χ4n) is 7.95. The molecule has 0 aliphatic carbocycles. The van der Waals surface area contributed by atoms with E-state index in [0.29, 0.717) is 12.8 Å². The number of rotatable bonds is 44. The van der Waals surface area contributed by atoms with Gasteiger partial charge in [0.2, 0.25) is 0 Å². The topological polar surface area (TPSA) is 152 Å². The van der Waals surface area contributed by atoms with Crippen molar-refractivity contribution in [3.63, 3.8) is 0 Å². The fraction of sp³-hybridized carbons (Fsp3) is 0.885. The number of aliphatic hydroxyl groups excluding tert-OH is 4. The summed E-state index contributed by atoms with van der Waals surface area (Å²) in [6.45, 7) is 3.41. The SMILES string of the molecule is CCCCCCC/C=C/CCCCCCCC(=O)O[C@@H](COC(=O)CCC/C=C/CCCCCCCCCCCCCCCCCCCC)CO[C@H]1O[C@@H](CO)[C@@H](O)C(O)C1O. The van der Waals surface area contributed by atoms with E-state index in [-0.39, 0.29) is 26.1 Å². The van der Waals surface area contributed by atoms with Gasteiger partial charge in [0.1, 0.15) is 31.0 Å². The van der Waals surface area contributed by atoms with Gasteiger partial charge in [-0.1, -0.05) is 192 Å². The lowest BCUT2D eigenvalue weighted by Gasteiger charge is -2.39. The molecule has 4 N–H and O–H groups in total. The first-order valence-electron chi connectivity index (χ1n) is 25.9. The monoisotopic (exact) mass is 881 g/mol. The van der Waals surface area contributed by atoms with Crippen molar-refractivity contribution in [2.24, 2.45) is 0 Å². The Bertz CT molecular complexity index is 1060. The maximum absolute atomic E-state index is 12.8. The van der Waals surface area contributed by atoms with Gasteiger partial charge in [0.25, 0.3) is 0 Å². The molecule has 2 unspecified atom stereocenters. The molecule has 0 spiro atoms. The van der Waals surface area contributed by atoms with Crippen molar-refractivity contribution in [3.8, 4) is 0 Å². The number of allylic oxidation sites excluding steroid dienone is 4. The summed E-state index contributed by atoms with van der Waals surface area (Å²) in [5, 5.41) is 40.2. The van der Waals surface area contributed by atoms with Crippen LogP contribution in [0.4, 0.5) is 0 Å². The van der Waals surface area contributed by atoms with Crippen LogP contribution in [0.1, 0.15) is 239 Å². The Morgan fingerprint density at radius 2 is 0.871 bits per heavy atom. The van der Waals surface area contributed by atoms with Crippen LogP contribution in [0, 0.1) is 0 Å². The molecule has 0 saturated carbocycles. The Kier molecular flexibility index (Phi) is 40.4. The summed E-state index contributed by atoms with van der Waals surface area (Å²) >= 11 is 0. The van der Waals surface area contributed by atoms with Crippen molar-refractivity contribution < 1.29 is 49.0 Å². The van der Waals surface area contributed by atoms with E-state index >= 15 is 0 Å². The molecule has 10 nitrogen and oxygen atoms in total. The van der Waals surface area contributed by atoms with Gasteiger partial charge in [-0.2, -0.15) is 0 Å². The zero-order valence-corrected chi connectivity index (χ0v) is 39.9. The highest BCUT2D eigenvalue weighted by molar-refractivity contribution is 5.70. The molecule has 0 radical (unpaired) electrons. The number of aliphatic hydroxyl groups is 4. The van der Waals surface area contributed by atoms with Crippen LogP contribution in [-0.2, 0) is 28.5 Å². The number of hydrogen-bond acceptors (Lipinski definition) is 10. The zero-order chi connectivity index (χ0) is 45.1. The molecule has 0 aromatic rings. The van der Waals surface area contributed by atoms with Crippen LogP contribution in [0.3, 0.4) is 0 Å². The molecule has 1 aliphatic rings. The van der Waals surface area contributed by atoms with Crippen LogP contribution >= 0.6 is 0 Å². The van der Waals surface area contributed by atoms with Crippen LogP contribution in [0.5, 0.6) is 0 Å². The smallest absolute Gasteiger partial charge is 0.306 e. The lowest BCUT2D eigenvalue weighted by Crippen LogP contribution is -2.59. The second-order valence-electron chi connectivity index (χ2n) is 18.0. The van der Waals surface area contributed by atoms with Crippen LogP contribution in [-0.4, -0.2) is 89.0 Å². The van der Waals surface area contributed by atoms with Gasteiger partial charge in [0, 0.05) is 12.8 Å². The van der Waals surface area contributed by atoms with Gasteiger partial charge < -0.3 is 39.4 Å². The van der Waals surface area contributed by atoms with Gasteiger partial charge in [-0.25, -0.2) is 0 Å². The normalized spacial score (nSPS) is 19.7. The van der Waals surface area contributed by atoms with Gasteiger partial charge in [0.15, 0.2) is 12.4 Å². The third-order valence-electron chi connectivity index (χ3n) is 12.1.